The van der Waals surface area contributed by atoms with Crippen molar-refractivity contribution in [1.29, 1.82) is 0 Å². The Bertz CT molecular complexity index is 742. The molecular weight excluding hydrogens is 324 g/mol. The quantitative estimate of drug-likeness (QED) is 0.559. The first-order valence-electron chi connectivity index (χ1n) is 8.51. The van der Waals surface area contributed by atoms with Crippen molar-refractivity contribution in [2.75, 3.05) is 6.61 Å². The van der Waals surface area contributed by atoms with E-state index in [1.54, 1.807) is 6.07 Å². The highest BCUT2D eigenvalue weighted by Gasteiger charge is 2.58. The van der Waals surface area contributed by atoms with Crippen molar-refractivity contribution in [3.05, 3.63) is 23.3 Å². The zero-order valence-electron chi connectivity index (χ0n) is 14.7. The average molecular weight is 348 g/mol. The Kier molecular flexibility index (Phi) is 4.06. The number of ketones is 1. The van der Waals surface area contributed by atoms with Gasteiger partial charge in [-0.05, 0) is 30.4 Å². The van der Waals surface area contributed by atoms with Gasteiger partial charge in [0.25, 0.3) is 0 Å². The van der Waals surface area contributed by atoms with Gasteiger partial charge in [0, 0.05) is 24.2 Å². The van der Waals surface area contributed by atoms with E-state index in [9.17, 15) is 24.9 Å². The van der Waals surface area contributed by atoms with E-state index in [0.29, 0.717) is 18.4 Å². The molecule has 4 atom stereocenters. The topological polar surface area (TPSA) is 104 Å². The molecule has 3 N–H and O–H groups in total. The molecule has 6 nitrogen and oxygen atoms in total. The summed E-state index contributed by atoms with van der Waals surface area (Å²) in [5.74, 6) is -1.66. The van der Waals surface area contributed by atoms with Gasteiger partial charge in [-0.3, -0.25) is 9.59 Å². The molecule has 4 unspecified atom stereocenters. The lowest BCUT2D eigenvalue weighted by Crippen LogP contribution is -2.58. The van der Waals surface area contributed by atoms with Crippen LogP contribution in [0, 0.1) is 11.3 Å². The molecule has 3 rings (SSSR count). The summed E-state index contributed by atoms with van der Waals surface area (Å²) in [6.07, 6.45) is 0.558. The Morgan fingerprint density at radius 1 is 1.32 bits per heavy atom. The number of phenols is 2. The molecule has 0 amide bonds. The van der Waals surface area contributed by atoms with Crippen LogP contribution in [-0.4, -0.2) is 39.8 Å². The van der Waals surface area contributed by atoms with E-state index < -0.39 is 22.7 Å². The summed E-state index contributed by atoms with van der Waals surface area (Å²) >= 11 is 0. The first-order chi connectivity index (χ1) is 11.6. The number of Topliss-reactive ketones (excluding diaryl/α,β-unsaturated/α-hetero) is 1. The Balaban J connectivity index is 2.14. The molecule has 0 spiro atoms. The lowest BCUT2D eigenvalue weighted by molar-refractivity contribution is -0.151. The van der Waals surface area contributed by atoms with Crippen LogP contribution in [0.3, 0.4) is 0 Å². The van der Waals surface area contributed by atoms with Crippen molar-refractivity contribution in [2.45, 2.75) is 51.6 Å². The Morgan fingerprint density at radius 3 is 2.64 bits per heavy atom. The molecule has 0 aliphatic heterocycles. The number of aromatic hydroxyl groups is 2. The highest BCUT2D eigenvalue weighted by molar-refractivity contribution is 6.02. The van der Waals surface area contributed by atoms with E-state index in [1.165, 1.54) is 13.0 Å². The SMILES string of the molecule is CC(=O)OCC1(C)CCC(O)C2(C)c3ccc(O)c(O)c3C(=O)CC12. The second-order valence-corrected chi connectivity index (χ2v) is 7.81. The lowest BCUT2D eigenvalue weighted by Gasteiger charge is -2.56. The molecule has 2 aliphatic rings. The summed E-state index contributed by atoms with van der Waals surface area (Å²) < 4.78 is 5.26. The largest absolute Gasteiger partial charge is 0.504 e. The van der Waals surface area contributed by atoms with E-state index in [0.717, 1.165) is 0 Å². The second-order valence-electron chi connectivity index (χ2n) is 7.81. The van der Waals surface area contributed by atoms with Crippen molar-refractivity contribution in [2.24, 2.45) is 11.3 Å². The van der Waals surface area contributed by atoms with Crippen LogP contribution in [0.15, 0.2) is 12.1 Å². The molecule has 0 heterocycles. The highest BCUT2D eigenvalue weighted by atomic mass is 16.5. The molecule has 1 fully saturated rings. The molecule has 0 aromatic heterocycles. The summed E-state index contributed by atoms with van der Waals surface area (Å²) in [5.41, 5.74) is -0.595. The minimum atomic E-state index is -0.776. The normalized spacial score (nSPS) is 34.2. The number of phenolic OH excluding ortho intramolecular Hbond substituents is 2. The van der Waals surface area contributed by atoms with E-state index >= 15 is 0 Å². The van der Waals surface area contributed by atoms with Crippen LogP contribution in [0.5, 0.6) is 11.5 Å². The number of hydrogen-bond donors (Lipinski definition) is 3. The molecule has 136 valence electrons. The average Bonchev–Trinajstić information content (AvgIpc) is 2.55. The first-order valence-corrected chi connectivity index (χ1v) is 8.51. The maximum atomic E-state index is 12.7. The van der Waals surface area contributed by atoms with Gasteiger partial charge in [0.1, 0.15) is 0 Å². The van der Waals surface area contributed by atoms with Gasteiger partial charge in [-0.2, -0.15) is 0 Å². The van der Waals surface area contributed by atoms with Gasteiger partial charge >= 0.3 is 5.97 Å². The van der Waals surface area contributed by atoms with Crippen LogP contribution in [-0.2, 0) is 14.9 Å². The van der Waals surface area contributed by atoms with Crippen LogP contribution >= 0.6 is 0 Å². The van der Waals surface area contributed by atoms with Gasteiger partial charge in [0.15, 0.2) is 17.3 Å². The fourth-order valence-corrected chi connectivity index (χ4v) is 4.76. The molecule has 1 aromatic carbocycles. The maximum absolute atomic E-state index is 12.7. The summed E-state index contributed by atoms with van der Waals surface area (Å²) in [5, 5.41) is 30.8. The zero-order valence-corrected chi connectivity index (χ0v) is 14.7. The molecule has 6 heteroatoms. The van der Waals surface area contributed by atoms with E-state index in [2.05, 4.69) is 0 Å². The smallest absolute Gasteiger partial charge is 0.302 e. The molecule has 0 saturated heterocycles. The lowest BCUT2D eigenvalue weighted by atomic mass is 9.48. The van der Waals surface area contributed by atoms with Gasteiger partial charge in [-0.1, -0.05) is 19.9 Å². The second kappa shape index (κ2) is 5.73. The Labute approximate surface area is 146 Å². The monoisotopic (exact) mass is 348 g/mol. The number of benzene rings is 1. The van der Waals surface area contributed by atoms with Gasteiger partial charge in [0.2, 0.25) is 0 Å². The molecule has 0 bridgehead atoms. The number of rotatable bonds is 2. The zero-order chi connectivity index (χ0) is 18.6. The predicted molar refractivity (Wildman–Crippen MR) is 89.5 cm³/mol. The van der Waals surface area contributed by atoms with Gasteiger partial charge in [-0.15, -0.1) is 0 Å². The van der Waals surface area contributed by atoms with E-state index in [1.807, 2.05) is 13.8 Å². The summed E-state index contributed by atoms with van der Waals surface area (Å²) in [4.78, 5) is 24.0. The van der Waals surface area contributed by atoms with Crippen LogP contribution < -0.4 is 0 Å². The molecular formula is C19H24O6. The minimum Gasteiger partial charge on any atom is -0.504 e. The third-order valence-corrected chi connectivity index (χ3v) is 6.26. The summed E-state index contributed by atoms with van der Waals surface area (Å²) in [6.45, 7) is 5.39. The predicted octanol–water partition coefficient (Wildman–Crippen LogP) is 2.28. The van der Waals surface area contributed by atoms with E-state index in [-0.39, 0.29) is 42.0 Å². The van der Waals surface area contributed by atoms with Crippen molar-refractivity contribution >= 4 is 11.8 Å². The molecule has 0 radical (unpaired) electrons. The number of carbonyl (C=O) groups excluding carboxylic acids is 2. The number of aliphatic hydroxyl groups is 1. The molecule has 25 heavy (non-hydrogen) atoms. The van der Waals surface area contributed by atoms with Crippen molar-refractivity contribution < 1.29 is 29.6 Å². The van der Waals surface area contributed by atoms with Crippen molar-refractivity contribution in [1.82, 2.24) is 0 Å². The molecule has 2 aliphatic carbocycles. The van der Waals surface area contributed by atoms with Crippen molar-refractivity contribution in [3.8, 4) is 11.5 Å². The highest BCUT2D eigenvalue weighted by Crippen LogP contribution is 2.58. The van der Waals surface area contributed by atoms with Gasteiger partial charge < -0.3 is 20.1 Å². The fourth-order valence-electron chi connectivity index (χ4n) is 4.76. The number of carbonyl (C=O) groups is 2. The Hall–Kier alpha value is -2.08. The number of hydrogen-bond acceptors (Lipinski definition) is 6. The van der Waals surface area contributed by atoms with Crippen LogP contribution in [0.25, 0.3) is 0 Å². The van der Waals surface area contributed by atoms with Crippen molar-refractivity contribution in [3.63, 3.8) is 0 Å². The summed E-state index contributed by atoms with van der Waals surface area (Å²) in [7, 11) is 0. The number of esters is 1. The third kappa shape index (κ3) is 2.51. The molecule has 1 aromatic rings. The number of aliphatic hydroxyl groups excluding tert-OH is 1. The first kappa shape index (κ1) is 17.7. The summed E-state index contributed by atoms with van der Waals surface area (Å²) in [6, 6.07) is 2.95. The molecule has 1 saturated carbocycles. The minimum absolute atomic E-state index is 0.0922. The van der Waals surface area contributed by atoms with Gasteiger partial charge in [0.05, 0.1) is 18.3 Å². The van der Waals surface area contributed by atoms with Crippen LogP contribution in [0.1, 0.15) is 56.0 Å². The van der Waals surface area contributed by atoms with Crippen LogP contribution in [0.2, 0.25) is 0 Å². The fraction of sp³-hybridized carbons (Fsp3) is 0.579. The number of ether oxygens (including phenoxy) is 1. The van der Waals surface area contributed by atoms with E-state index in [4.69, 9.17) is 4.74 Å². The standard InChI is InChI=1S/C19H24O6/c1-10(20)25-9-18(2)7-6-15(23)19(3)11-4-5-12(21)17(24)16(11)13(22)8-14(18)19/h4-5,14-15,21,23-24H,6-9H2,1-3H3. The van der Waals surface area contributed by atoms with Gasteiger partial charge in [-0.25, -0.2) is 0 Å². The number of fused-ring (bicyclic) bond motifs is 3. The maximum Gasteiger partial charge on any atom is 0.302 e. The Morgan fingerprint density at radius 2 is 2.00 bits per heavy atom. The third-order valence-electron chi connectivity index (χ3n) is 6.26. The van der Waals surface area contributed by atoms with Crippen LogP contribution in [0.4, 0.5) is 0 Å².